The Hall–Kier alpha value is -0.920. The zero-order valence-electron chi connectivity index (χ0n) is 12.1. The van der Waals surface area contributed by atoms with Gasteiger partial charge in [-0.25, -0.2) is 13.6 Å². The molecule has 5 nitrogen and oxygen atoms in total. The van der Waals surface area contributed by atoms with Gasteiger partial charge in [-0.3, -0.25) is 4.79 Å². The van der Waals surface area contributed by atoms with Gasteiger partial charge >= 0.3 is 0 Å². The molecule has 0 aliphatic heterocycles. The molecule has 7 heteroatoms. The third-order valence-electron chi connectivity index (χ3n) is 3.49. The van der Waals surface area contributed by atoms with E-state index < -0.39 is 10.0 Å². The van der Waals surface area contributed by atoms with Crippen molar-refractivity contribution in [2.24, 2.45) is 5.14 Å². The molecular formula is C14H19BrN2O3S. The number of halogens is 1. The number of benzene rings is 1. The summed E-state index contributed by atoms with van der Waals surface area (Å²) in [5, 5.41) is 5.22. The quantitative estimate of drug-likeness (QED) is 0.858. The molecule has 2 N–H and O–H groups in total. The number of rotatable bonds is 5. The number of primary sulfonamides is 1. The zero-order valence-corrected chi connectivity index (χ0v) is 14.5. The third kappa shape index (κ3) is 3.64. The monoisotopic (exact) mass is 374 g/mol. The summed E-state index contributed by atoms with van der Waals surface area (Å²) in [5.41, 5.74) is 1.05. The molecule has 0 saturated heterocycles. The van der Waals surface area contributed by atoms with Crippen molar-refractivity contribution in [1.29, 1.82) is 0 Å². The lowest BCUT2D eigenvalue weighted by molar-refractivity contribution is 0.0742. The summed E-state index contributed by atoms with van der Waals surface area (Å²) in [4.78, 5) is 14.4. The maximum absolute atomic E-state index is 12.6. The minimum Gasteiger partial charge on any atom is -0.336 e. The van der Waals surface area contributed by atoms with Crippen LogP contribution in [0.15, 0.2) is 21.5 Å². The van der Waals surface area contributed by atoms with E-state index in [4.69, 9.17) is 5.14 Å². The number of carbonyl (C=O) groups is 1. The highest BCUT2D eigenvalue weighted by Crippen LogP contribution is 2.31. The molecule has 1 fully saturated rings. The zero-order chi connectivity index (χ0) is 15.8. The van der Waals surface area contributed by atoms with Crippen LogP contribution in [0.3, 0.4) is 0 Å². The molecular weight excluding hydrogens is 356 g/mol. The molecule has 2 rings (SSSR count). The standard InChI is InChI=1S/C14H19BrN2O3S/c1-3-6-17(11-4-5-11)14(18)10-7-9(2)13(15)12(8-10)21(16,19)20/h7-8,11H,3-6H2,1-2H3,(H2,16,19,20). The van der Waals surface area contributed by atoms with Crippen molar-refractivity contribution >= 4 is 31.9 Å². The summed E-state index contributed by atoms with van der Waals surface area (Å²) in [6.07, 6.45) is 2.91. The summed E-state index contributed by atoms with van der Waals surface area (Å²) >= 11 is 3.22. The molecule has 0 bridgehead atoms. The Morgan fingerprint density at radius 2 is 2.05 bits per heavy atom. The molecule has 1 aliphatic rings. The fourth-order valence-electron chi connectivity index (χ4n) is 2.31. The average Bonchev–Trinajstić information content (AvgIpc) is 3.21. The van der Waals surface area contributed by atoms with E-state index in [2.05, 4.69) is 15.9 Å². The summed E-state index contributed by atoms with van der Waals surface area (Å²) in [7, 11) is -3.87. The average molecular weight is 375 g/mol. The second-order valence-corrected chi connectivity index (χ2v) is 7.70. The summed E-state index contributed by atoms with van der Waals surface area (Å²) in [5.74, 6) is -0.125. The fourth-order valence-corrected chi connectivity index (χ4v) is 3.92. The number of sulfonamides is 1. The van der Waals surface area contributed by atoms with Crippen molar-refractivity contribution in [3.63, 3.8) is 0 Å². The second-order valence-electron chi connectivity index (χ2n) is 5.38. The number of nitrogens with two attached hydrogens (primary N) is 1. The van der Waals surface area contributed by atoms with Gasteiger partial charge in [0.2, 0.25) is 10.0 Å². The van der Waals surface area contributed by atoms with Gasteiger partial charge in [-0.05, 0) is 59.8 Å². The fraction of sp³-hybridized carbons (Fsp3) is 0.500. The van der Waals surface area contributed by atoms with Crippen molar-refractivity contribution in [3.05, 3.63) is 27.7 Å². The summed E-state index contributed by atoms with van der Waals surface area (Å²) in [6, 6.07) is 3.35. The topological polar surface area (TPSA) is 80.5 Å². The lowest BCUT2D eigenvalue weighted by Gasteiger charge is -2.22. The molecule has 0 aromatic heterocycles. The van der Waals surface area contributed by atoms with E-state index in [1.807, 2.05) is 11.8 Å². The predicted molar refractivity (Wildman–Crippen MR) is 84.6 cm³/mol. The van der Waals surface area contributed by atoms with Crippen LogP contribution in [-0.4, -0.2) is 31.8 Å². The molecule has 1 aromatic rings. The molecule has 0 radical (unpaired) electrons. The molecule has 0 atom stereocenters. The SMILES string of the molecule is CCCN(C(=O)c1cc(C)c(Br)c(S(N)(=O)=O)c1)C1CC1. The van der Waals surface area contributed by atoms with Crippen LogP contribution in [0.5, 0.6) is 0 Å². The maximum atomic E-state index is 12.6. The van der Waals surface area contributed by atoms with Crippen LogP contribution in [0, 0.1) is 6.92 Å². The van der Waals surface area contributed by atoms with Crippen LogP contribution in [0.4, 0.5) is 0 Å². The first-order valence-corrected chi connectivity index (χ1v) is 9.23. The van der Waals surface area contributed by atoms with Gasteiger partial charge < -0.3 is 4.90 Å². The number of hydrogen-bond donors (Lipinski definition) is 1. The van der Waals surface area contributed by atoms with Crippen LogP contribution in [0.25, 0.3) is 0 Å². The molecule has 0 heterocycles. The van der Waals surface area contributed by atoms with Crippen molar-refractivity contribution < 1.29 is 13.2 Å². The van der Waals surface area contributed by atoms with Gasteiger partial charge in [-0.2, -0.15) is 0 Å². The smallest absolute Gasteiger partial charge is 0.254 e. The van der Waals surface area contributed by atoms with E-state index in [9.17, 15) is 13.2 Å². The molecule has 1 aliphatic carbocycles. The van der Waals surface area contributed by atoms with Gasteiger partial charge in [-0.1, -0.05) is 6.92 Å². The Balaban J connectivity index is 2.44. The number of aryl methyl sites for hydroxylation is 1. The summed E-state index contributed by atoms with van der Waals surface area (Å²) < 4.78 is 23.7. The minimum absolute atomic E-state index is 0.0434. The molecule has 0 spiro atoms. The first kappa shape index (κ1) is 16.5. The number of hydrogen-bond acceptors (Lipinski definition) is 3. The van der Waals surface area contributed by atoms with Crippen LogP contribution in [0.2, 0.25) is 0 Å². The van der Waals surface area contributed by atoms with Crippen LogP contribution < -0.4 is 5.14 Å². The third-order valence-corrected chi connectivity index (χ3v) is 5.74. The Labute approximate surface area is 133 Å². The van der Waals surface area contributed by atoms with Crippen molar-refractivity contribution in [3.8, 4) is 0 Å². The highest BCUT2D eigenvalue weighted by Gasteiger charge is 2.33. The highest BCUT2D eigenvalue weighted by atomic mass is 79.9. The molecule has 21 heavy (non-hydrogen) atoms. The minimum atomic E-state index is -3.87. The van der Waals surface area contributed by atoms with Gasteiger partial charge in [0.15, 0.2) is 0 Å². The number of carbonyl (C=O) groups excluding carboxylic acids is 1. The molecule has 116 valence electrons. The van der Waals surface area contributed by atoms with Crippen molar-refractivity contribution in [2.75, 3.05) is 6.54 Å². The van der Waals surface area contributed by atoms with Gasteiger partial charge in [0.25, 0.3) is 5.91 Å². The Morgan fingerprint density at radius 1 is 1.43 bits per heavy atom. The van der Waals surface area contributed by atoms with E-state index >= 15 is 0 Å². The van der Waals surface area contributed by atoms with Crippen LogP contribution in [0.1, 0.15) is 42.1 Å². The first-order chi connectivity index (χ1) is 9.75. The normalized spacial score (nSPS) is 15.0. The van der Waals surface area contributed by atoms with Gasteiger partial charge in [0, 0.05) is 22.6 Å². The van der Waals surface area contributed by atoms with Crippen LogP contribution in [-0.2, 0) is 10.0 Å². The lowest BCUT2D eigenvalue weighted by Crippen LogP contribution is -2.34. The van der Waals surface area contributed by atoms with Crippen molar-refractivity contribution in [1.82, 2.24) is 4.90 Å². The van der Waals surface area contributed by atoms with E-state index in [-0.39, 0.29) is 10.8 Å². The van der Waals surface area contributed by atoms with E-state index in [1.54, 1.807) is 13.0 Å². The molecule has 1 amide bonds. The van der Waals surface area contributed by atoms with Gasteiger partial charge in [0.05, 0.1) is 4.90 Å². The van der Waals surface area contributed by atoms with Gasteiger partial charge in [-0.15, -0.1) is 0 Å². The van der Waals surface area contributed by atoms with E-state index in [1.165, 1.54) is 6.07 Å². The largest absolute Gasteiger partial charge is 0.336 e. The van der Waals surface area contributed by atoms with Gasteiger partial charge in [0.1, 0.15) is 0 Å². The first-order valence-electron chi connectivity index (χ1n) is 6.89. The maximum Gasteiger partial charge on any atom is 0.254 e. The van der Waals surface area contributed by atoms with E-state index in [0.29, 0.717) is 28.2 Å². The van der Waals surface area contributed by atoms with Crippen LogP contribution >= 0.6 is 15.9 Å². The lowest BCUT2D eigenvalue weighted by atomic mass is 10.1. The number of nitrogens with zero attached hydrogens (tertiary/aromatic N) is 1. The predicted octanol–water partition coefficient (Wildman–Crippen LogP) is 2.42. The second kappa shape index (κ2) is 6.06. The van der Waals surface area contributed by atoms with E-state index in [0.717, 1.165) is 19.3 Å². The molecule has 1 aromatic carbocycles. The molecule has 0 unspecified atom stereocenters. The Kier molecular flexibility index (Phi) is 4.75. The molecule has 1 saturated carbocycles. The van der Waals surface area contributed by atoms with Crippen molar-refractivity contribution in [2.45, 2.75) is 44.0 Å². The summed E-state index contributed by atoms with van der Waals surface area (Å²) in [6.45, 7) is 4.45. The Morgan fingerprint density at radius 3 is 2.52 bits per heavy atom. The highest BCUT2D eigenvalue weighted by molar-refractivity contribution is 9.10. The Bertz CT molecular complexity index is 669. The number of amides is 1.